The average molecular weight is 786 g/mol. The summed E-state index contributed by atoms with van der Waals surface area (Å²) >= 11 is 7.47. The Morgan fingerprint density at radius 3 is 1.22 bits per heavy atom. The molecule has 1 heterocycles. The highest BCUT2D eigenvalue weighted by atomic mass is 79.9. The smallest absolute Gasteiger partial charge is 0.0534 e. The summed E-state index contributed by atoms with van der Waals surface area (Å²) in [5.41, 5.74) is 2.34. The van der Waals surface area contributed by atoms with Crippen LogP contribution in [0.1, 0.15) is 142 Å². The Labute approximate surface area is 296 Å². The van der Waals surface area contributed by atoms with Gasteiger partial charge >= 0.3 is 0 Å². The van der Waals surface area contributed by atoms with Gasteiger partial charge in [0.05, 0.1) is 42.4 Å². The zero-order chi connectivity index (χ0) is 32.6. The molecule has 254 valence electrons. The van der Waals surface area contributed by atoms with E-state index in [1.54, 1.807) is 12.5 Å². The van der Waals surface area contributed by atoms with E-state index in [0.717, 1.165) is 36.1 Å². The van der Waals surface area contributed by atoms with Crippen LogP contribution in [0.3, 0.4) is 0 Å². The van der Waals surface area contributed by atoms with Crippen LogP contribution >= 0.6 is 31.9 Å². The summed E-state index contributed by atoms with van der Waals surface area (Å²) in [7, 11) is -2.21. The standard InChI is InChI=1S/C38H59Br2NO2S2/c1-5-7-9-11-13-15-16-18-20-22-24-30(23-21-19-17-14-12-10-8-6-2)29-41-35-27-33(39)37(44(3)42)25-31(35)32-26-38(45(4)43)34(40)28-36(32)41/h25-28,30H,5-24,29H2,1-4H3. The molecule has 3 atom stereocenters. The van der Waals surface area contributed by atoms with E-state index in [1.807, 2.05) is 0 Å². The number of nitrogens with zero attached hydrogens (tertiary/aromatic N) is 1. The van der Waals surface area contributed by atoms with Crippen LogP contribution in [-0.2, 0) is 28.1 Å². The van der Waals surface area contributed by atoms with Crippen molar-refractivity contribution in [3.8, 4) is 0 Å². The fourth-order valence-corrected chi connectivity index (χ4v) is 10.1. The van der Waals surface area contributed by atoms with E-state index >= 15 is 0 Å². The zero-order valence-corrected chi connectivity index (χ0v) is 33.4. The summed E-state index contributed by atoms with van der Waals surface area (Å²) in [6.45, 7) is 5.56. The van der Waals surface area contributed by atoms with Crippen molar-refractivity contribution in [2.24, 2.45) is 5.92 Å². The van der Waals surface area contributed by atoms with Crippen molar-refractivity contribution in [3.63, 3.8) is 0 Å². The molecule has 2 aromatic carbocycles. The molecule has 0 radical (unpaired) electrons. The third-order valence-corrected chi connectivity index (χ3v) is 13.2. The lowest BCUT2D eigenvalue weighted by Crippen LogP contribution is -2.11. The van der Waals surface area contributed by atoms with Gasteiger partial charge in [0.25, 0.3) is 0 Å². The Balaban J connectivity index is 1.78. The van der Waals surface area contributed by atoms with Crippen LogP contribution in [0.5, 0.6) is 0 Å². The highest BCUT2D eigenvalue weighted by Gasteiger charge is 2.20. The van der Waals surface area contributed by atoms with Gasteiger partial charge in [-0.25, -0.2) is 0 Å². The van der Waals surface area contributed by atoms with E-state index in [1.165, 1.54) is 139 Å². The van der Waals surface area contributed by atoms with Gasteiger partial charge in [0.15, 0.2) is 0 Å². The minimum atomic E-state index is -1.11. The molecule has 45 heavy (non-hydrogen) atoms. The molecule has 0 aliphatic heterocycles. The SMILES string of the molecule is CCCCCCCCCCCCC(CCCCCCCCCC)Cn1c2cc(Br)c(S(C)=O)cc2c2cc(S(C)=O)c(Br)cc21. The van der Waals surface area contributed by atoms with Gasteiger partial charge in [-0.05, 0) is 74.9 Å². The molecule has 3 nitrogen and oxygen atoms in total. The summed E-state index contributed by atoms with van der Waals surface area (Å²) in [5, 5.41) is 2.20. The Morgan fingerprint density at radius 2 is 0.889 bits per heavy atom. The van der Waals surface area contributed by atoms with Crippen LogP contribution in [0.4, 0.5) is 0 Å². The molecule has 0 bridgehead atoms. The Kier molecular flexibility index (Phi) is 18.6. The molecule has 3 unspecified atom stereocenters. The Hall–Kier alpha value is -0.500. The molecule has 0 fully saturated rings. The fourth-order valence-electron chi connectivity index (χ4n) is 6.80. The third-order valence-electron chi connectivity index (χ3n) is 9.46. The molecule has 1 aromatic heterocycles. The molecule has 0 aliphatic rings. The number of halogens is 2. The predicted molar refractivity (Wildman–Crippen MR) is 207 cm³/mol. The van der Waals surface area contributed by atoms with Gasteiger partial charge in [-0.3, -0.25) is 8.42 Å². The first-order valence-corrected chi connectivity index (χ1v) is 22.6. The van der Waals surface area contributed by atoms with Crippen molar-refractivity contribution in [3.05, 3.63) is 33.2 Å². The number of benzene rings is 2. The molecule has 3 rings (SSSR count). The number of unbranched alkanes of at least 4 members (excludes halogenated alkanes) is 16. The minimum absolute atomic E-state index is 0.621. The van der Waals surface area contributed by atoms with Crippen molar-refractivity contribution in [1.82, 2.24) is 4.57 Å². The van der Waals surface area contributed by atoms with Crippen LogP contribution in [0.15, 0.2) is 43.0 Å². The van der Waals surface area contributed by atoms with E-state index in [2.05, 4.69) is 74.5 Å². The first-order chi connectivity index (χ1) is 21.8. The van der Waals surface area contributed by atoms with Crippen molar-refractivity contribution in [2.75, 3.05) is 12.5 Å². The maximum Gasteiger partial charge on any atom is 0.0534 e. The van der Waals surface area contributed by atoms with Gasteiger partial charge < -0.3 is 4.57 Å². The van der Waals surface area contributed by atoms with Crippen LogP contribution < -0.4 is 0 Å². The van der Waals surface area contributed by atoms with Gasteiger partial charge in [0, 0.05) is 38.8 Å². The number of fused-ring (bicyclic) bond motifs is 3. The monoisotopic (exact) mass is 783 g/mol. The number of hydrogen-bond acceptors (Lipinski definition) is 2. The van der Waals surface area contributed by atoms with Crippen molar-refractivity contribution >= 4 is 75.3 Å². The van der Waals surface area contributed by atoms with Gasteiger partial charge in [-0.2, -0.15) is 0 Å². The van der Waals surface area contributed by atoms with Crippen molar-refractivity contribution in [1.29, 1.82) is 0 Å². The maximum atomic E-state index is 12.6. The molecule has 0 N–H and O–H groups in total. The Morgan fingerprint density at radius 1 is 0.556 bits per heavy atom. The molecule has 3 aromatic rings. The first-order valence-electron chi connectivity index (χ1n) is 17.9. The lowest BCUT2D eigenvalue weighted by atomic mass is 9.93. The van der Waals surface area contributed by atoms with Crippen LogP contribution in [-0.4, -0.2) is 25.5 Å². The second kappa shape index (κ2) is 21.5. The van der Waals surface area contributed by atoms with E-state index in [9.17, 15) is 8.42 Å². The fraction of sp³-hybridized carbons (Fsp3) is 0.684. The zero-order valence-electron chi connectivity index (χ0n) is 28.6. The normalized spacial score (nSPS) is 14.0. The lowest BCUT2D eigenvalue weighted by Gasteiger charge is -2.20. The topological polar surface area (TPSA) is 39.1 Å². The molecule has 0 aliphatic carbocycles. The second-order valence-corrected chi connectivity index (χ2v) is 17.6. The molecular weight excluding hydrogens is 726 g/mol. The average Bonchev–Trinajstić information content (AvgIpc) is 3.28. The molecule has 7 heteroatoms. The van der Waals surface area contributed by atoms with Gasteiger partial charge in [0.1, 0.15) is 0 Å². The molecule has 0 amide bonds. The summed E-state index contributed by atoms with van der Waals surface area (Å²) < 4.78 is 29.5. The number of rotatable bonds is 24. The van der Waals surface area contributed by atoms with Crippen molar-refractivity contribution < 1.29 is 8.42 Å². The minimum Gasteiger partial charge on any atom is -0.340 e. The number of aromatic nitrogens is 1. The van der Waals surface area contributed by atoms with Crippen LogP contribution in [0.2, 0.25) is 0 Å². The van der Waals surface area contributed by atoms with Gasteiger partial charge in [-0.1, -0.05) is 129 Å². The number of hydrogen-bond donors (Lipinski definition) is 0. The van der Waals surface area contributed by atoms with Crippen molar-refractivity contribution in [2.45, 2.75) is 159 Å². The van der Waals surface area contributed by atoms with Gasteiger partial charge in [-0.15, -0.1) is 0 Å². The summed E-state index contributed by atoms with van der Waals surface area (Å²) in [6.07, 6.45) is 30.5. The Bertz CT molecular complexity index is 1290. The van der Waals surface area contributed by atoms with E-state index in [0.29, 0.717) is 5.92 Å². The highest BCUT2D eigenvalue weighted by Crippen LogP contribution is 2.38. The third kappa shape index (κ3) is 12.5. The summed E-state index contributed by atoms with van der Waals surface area (Å²) in [4.78, 5) is 1.62. The molecule has 0 saturated heterocycles. The second-order valence-electron chi connectivity index (χ2n) is 13.2. The van der Waals surface area contributed by atoms with Crippen LogP contribution in [0, 0.1) is 5.92 Å². The first kappa shape index (κ1) is 38.9. The van der Waals surface area contributed by atoms with E-state index in [4.69, 9.17) is 0 Å². The summed E-state index contributed by atoms with van der Waals surface area (Å²) in [5.74, 6) is 0.621. The summed E-state index contributed by atoms with van der Waals surface area (Å²) in [6, 6.07) is 8.49. The predicted octanol–water partition coefficient (Wildman–Crippen LogP) is 13.3. The van der Waals surface area contributed by atoms with E-state index < -0.39 is 21.6 Å². The quantitative estimate of drug-likeness (QED) is 0.0849. The molecule has 0 saturated carbocycles. The highest BCUT2D eigenvalue weighted by molar-refractivity contribution is 9.10. The molecule has 0 spiro atoms. The lowest BCUT2D eigenvalue weighted by molar-refractivity contribution is 0.364. The van der Waals surface area contributed by atoms with E-state index in [-0.39, 0.29) is 0 Å². The largest absolute Gasteiger partial charge is 0.340 e. The van der Waals surface area contributed by atoms with Crippen LogP contribution in [0.25, 0.3) is 21.8 Å². The molecular formula is C38H59Br2NO2S2. The van der Waals surface area contributed by atoms with Gasteiger partial charge in [0.2, 0.25) is 0 Å². The maximum absolute atomic E-state index is 12.6.